The first-order valence-corrected chi connectivity index (χ1v) is 7.83. The number of nitrogens with one attached hydrogen (secondary N) is 1. The molecule has 116 valence electrons. The van der Waals surface area contributed by atoms with Gasteiger partial charge in [0.25, 0.3) is 0 Å². The van der Waals surface area contributed by atoms with Crippen molar-refractivity contribution in [3.63, 3.8) is 0 Å². The summed E-state index contributed by atoms with van der Waals surface area (Å²) in [5, 5.41) is 3.42. The average molecular weight is 290 g/mol. The number of benzene rings is 1. The first kappa shape index (κ1) is 15.8. The van der Waals surface area contributed by atoms with Crippen LogP contribution in [0.15, 0.2) is 18.2 Å². The summed E-state index contributed by atoms with van der Waals surface area (Å²) in [5.74, 6) is 1.12. The molecule has 1 unspecified atom stereocenters. The van der Waals surface area contributed by atoms with Crippen molar-refractivity contribution < 1.29 is 9.53 Å². The Morgan fingerprint density at radius 1 is 1.38 bits per heavy atom. The Hall–Kier alpha value is -1.55. The van der Waals surface area contributed by atoms with Crippen molar-refractivity contribution in [1.29, 1.82) is 0 Å². The van der Waals surface area contributed by atoms with Gasteiger partial charge in [-0.25, -0.2) is 0 Å². The summed E-state index contributed by atoms with van der Waals surface area (Å²) in [6, 6.07) is 6.56. The number of carbonyl (C=O) groups is 1. The lowest BCUT2D eigenvalue weighted by Gasteiger charge is -2.28. The molecule has 1 amide bonds. The van der Waals surface area contributed by atoms with Gasteiger partial charge in [-0.05, 0) is 44.0 Å². The van der Waals surface area contributed by atoms with Crippen molar-refractivity contribution >= 4 is 5.91 Å². The van der Waals surface area contributed by atoms with E-state index in [1.165, 1.54) is 5.56 Å². The van der Waals surface area contributed by atoms with Crippen LogP contribution in [0.3, 0.4) is 0 Å². The zero-order chi connectivity index (χ0) is 15.2. The molecule has 1 atom stereocenters. The maximum Gasteiger partial charge on any atom is 0.222 e. The van der Waals surface area contributed by atoms with Gasteiger partial charge in [-0.2, -0.15) is 0 Å². The lowest BCUT2D eigenvalue weighted by molar-refractivity contribution is -0.133. The topological polar surface area (TPSA) is 41.6 Å². The van der Waals surface area contributed by atoms with Crippen LogP contribution >= 0.6 is 0 Å². The molecule has 0 bridgehead atoms. The van der Waals surface area contributed by atoms with Gasteiger partial charge in [0, 0.05) is 31.1 Å². The highest BCUT2D eigenvalue weighted by Gasteiger charge is 2.20. The van der Waals surface area contributed by atoms with Crippen LogP contribution in [0.5, 0.6) is 5.75 Å². The molecule has 21 heavy (non-hydrogen) atoms. The smallest absolute Gasteiger partial charge is 0.222 e. The number of carbonyl (C=O) groups excluding carboxylic acids is 1. The zero-order valence-electron chi connectivity index (χ0n) is 13.3. The van der Waals surface area contributed by atoms with Gasteiger partial charge in [0.2, 0.25) is 5.91 Å². The summed E-state index contributed by atoms with van der Waals surface area (Å²) < 4.78 is 5.46. The molecule has 2 rings (SSSR count). The zero-order valence-corrected chi connectivity index (χ0v) is 13.3. The lowest BCUT2D eigenvalue weighted by Crippen LogP contribution is -2.34. The fourth-order valence-electron chi connectivity index (χ4n) is 2.85. The van der Waals surface area contributed by atoms with Crippen LogP contribution in [0.25, 0.3) is 0 Å². The Morgan fingerprint density at radius 2 is 2.19 bits per heavy atom. The van der Waals surface area contributed by atoms with Crippen LogP contribution in [-0.2, 0) is 11.3 Å². The Labute approximate surface area is 127 Å². The van der Waals surface area contributed by atoms with E-state index in [4.69, 9.17) is 4.74 Å². The van der Waals surface area contributed by atoms with Crippen molar-refractivity contribution in [2.45, 2.75) is 45.7 Å². The highest BCUT2D eigenvalue weighted by atomic mass is 16.5. The van der Waals surface area contributed by atoms with Crippen LogP contribution in [-0.4, -0.2) is 31.0 Å². The van der Waals surface area contributed by atoms with Crippen molar-refractivity contribution in [2.24, 2.45) is 0 Å². The highest BCUT2D eigenvalue weighted by Crippen LogP contribution is 2.26. The fourth-order valence-corrected chi connectivity index (χ4v) is 2.85. The number of hydrogen-bond acceptors (Lipinski definition) is 3. The quantitative estimate of drug-likeness (QED) is 0.876. The van der Waals surface area contributed by atoms with Crippen LogP contribution < -0.4 is 10.1 Å². The van der Waals surface area contributed by atoms with Crippen molar-refractivity contribution in [1.82, 2.24) is 10.2 Å². The van der Waals surface area contributed by atoms with Crippen LogP contribution in [0.1, 0.15) is 50.3 Å². The summed E-state index contributed by atoms with van der Waals surface area (Å²) in [6.45, 7) is 6.70. The molecule has 4 heteroatoms. The SMILES string of the molecule is CCNC(C)c1ccc(OC)c(CN2CCCCC2=O)c1. The van der Waals surface area contributed by atoms with Gasteiger partial charge < -0.3 is 15.0 Å². The van der Waals surface area contributed by atoms with E-state index >= 15 is 0 Å². The van der Waals surface area contributed by atoms with Crippen LogP contribution in [0.2, 0.25) is 0 Å². The molecular weight excluding hydrogens is 264 g/mol. The van der Waals surface area contributed by atoms with Gasteiger partial charge in [0.15, 0.2) is 0 Å². The maximum absolute atomic E-state index is 12.0. The molecule has 1 aromatic carbocycles. The van der Waals surface area contributed by atoms with Crippen molar-refractivity contribution in [3.8, 4) is 5.75 Å². The van der Waals surface area contributed by atoms with E-state index in [2.05, 4.69) is 31.3 Å². The molecule has 0 radical (unpaired) electrons. The molecule has 1 aliphatic heterocycles. The molecule has 1 heterocycles. The highest BCUT2D eigenvalue weighted by molar-refractivity contribution is 5.76. The second-order valence-corrected chi connectivity index (χ2v) is 5.62. The third-order valence-electron chi connectivity index (χ3n) is 4.10. The van der Waals surface area contributed by atoms with Gasteiger partial charge in [-0.15, -0.1) is 0 Å². The molecule has 1 aliphatic rings. The fraction of sp³-hybridized carbons (Fsp3) is 0.588. The Morgan fingerprint density at radius 3 is 2.86 bits per heavy atom. The largest absolute Gasteiger partial charge is 0.496 e. The summed E-state index contributed by atoms with van der Waals surface area (Å²) in [6.07, 6.45) is 2.79. The Balaban J connectivity index is 2.19. The number of amides is 1. The number of ether oxygens (including phenoxy) is 1. The average Bonchev–Trinajstić information content (AvgIpc) is 2.50. The first-order chi connectivity index (χ1) is 10.2. The summed E-state index contributed by atoms with van der Waals surface area (Å²) in [5.41, 5.74) is 2.33. The Bertz CT molecular complexity index is 488. The van der Waals surface area contributed by atoms with E-state index < -0.39 is 0 Å². The van der Waals surface area contributed by atoms with E-state index in [9.17, 15) is 4.79 Å². The summed E-state index contributed by atoms with van der Waals surface area (Å²) >= 11 is 0. The molecular formula is C17H26N2O2. The molecule has 1 saturated heterocycles. The maximum atomic E-state index is 12.0. The predicted molar refractivity (Wildman–Crippen MR) is 84.4 cm³/mol. The number of rotatable bonds is 6. The second-order valence-electron chi connectivity index (χ2n) is 5.62. The first-order valence-electron chi connectivity index (χ1n) is 7.83. The minimum atomic E-state index is 0.258. The lowest BCUT2D eigenvalue weighted by atomic mass is 10.0. The summed E-state index contributed by atoms with van der Waals surface area (Å²) in [7, 11) is 1.68. The summed E-state index contributed by atoms with van der Waals surface area (Å²) in [4.78, 5) is 13.9. The van der Waals surface area contributed by atoms with Gasteiger partial charge in [-0.1, -0.05) is 13.0 Å². The number of methoxy groups -OCH3 is 1. The van der Waals surface area contributed by atoms with Crippen molar-refractivity contribution in [2.75, 3.05) is 20.2 Å². The minimum Gasteiger partial charge on any atom is -0.496 e. The minimum absolute atomic E-state index is 0.258. The van der Waals surface area contributed by atoms with E-state index in [0.29, 0.717) is 19.0 Å². The van der Waals surface area contributed by atoms with Gasteiger partial charge in [0.05, 0.1) is 7.11 Å². The number of nitrogens with zero attached hydrogens (tertiary/aromatic N) is 1. The predicted octanol–water partition coefficient (Wildman–Crippen LogP) is 2.88. The van der Waals surface area contributed by atoms with Crippen LogP contribution in [0, 0.1) is 0 Å². The third kappa shape index (κ3) is 3.97. The molecule has 4 nitrogen and oxygen atoms in total. The van der Waals surface area contributed by atoms with E-state index in [1.54, 1.807) is 7.11 Å². The molecule has 0 aliphatic carbocycles. The van der Waals surface area contributed by atoms with Crippen LogP contribution in [0.4, 0.5) is 0 Å². The third-order valence-corrected chi connectivity index (χ3v) is 4.10. The Kier molecular flexibility index (Phi) is 5.62. The molecule has 1 fully saturated rings. The van der Waals surface area contributed by atoms with Crippen molar-refractivity contribution in [3.05, 3.63) is 29.3 Å². The molecule has 0 saturated carbocycles. The molecule has 0 spiro atoms. The van der Waals surface area contributed by atoms with E-state index in [1.807, 2.05) is 11.0 Å². The van der Waals surface area contributed by atoms with E-state index in [-0.39, 0.29) is 5.91 Å². The van der Waals surface area contributed by atoms with E-state index in [0.717, 1.165) is 37.2 Å². The number of hydrogen-bond donors (Lipinski definition) is 1. The van der Waals surface area contributed by atoms with Gasteiger partial charge in [-0.3, -0.25) is 4.79 Å². The molecule has 1 N–H and O–H groups in total. The normalized spacial score (nSPS) is 16.9. The standard InChI is InChI=1S/C17H26N2O2/c1-4-18-13(2)14-8-9-16(21-3)15(11-14)12-19-10-6-5-7-17(19)20/h8-9,11,13,18H,4-7,10,12H2,1-3H3. The number of likely N-dealkylation sites (tertiary alicyclic amines) is 1. The monoisotopic (exact) mass is 290 g/mol. The number of piperidine rings is 1. The molecule has 1 aromatic rings. The second kappa shape index (κ2) is 7.46. The van der Waals surface area contributed by atoms with Gasteiger partial charge in [0.1, 0.15) is 5.75 Å². The van der Waals surface area contributed by atoms with Gasteiger partial charge >= 0.3 is 0 Å². The molecule has 0 aromatic heterocycles.